The van der Waals surface area contributed by atoms with Gasteiger partial charge in [-0.05, 0) is 18.8 Å². The lowest BCUT2D eigenvalue weighted by atomic mass is 10.0. The molecule has 0 aromatic carbocycles. The first-order valence-electron chi connectivity index (χ1n) is 6.27. The molecule has 0 radical (unpaired) electrons. The molecule has 2 atom stereocenters. The van der Waals surface area contributed by atoms with E-state index in [1.54, 1.807) is 7.11 Å². The van der Waals surface area contributed by atoms with Crippen molar-refractivity contribution >= 4 is 5.91 Å². The highest BCUT2D eigenvalue weighted by molar-refractivity contribution is 5.77. The molecule has 1 fully saturated rings. The van der Waals surface area contributed by atoms with Crippen molar-refractivity contribution in [3.63, 3.8) is 0 Å². The van der Waals surface area contributed by atoms with Gasteiger partial charge in [0.25, 0.3) is 0 Å². The molecule has 0 saturated heterocycles. The van der Waals surface area contributed by atoms with E-state index in [2.05, 4.69) is 17.6 Å². The van der Waals surface area contributed by atoms with Crippen LogP contribution in [0.15, 0.2) is 0 Å². The summed E-state index contributed by atoms with van der Waals surface area (Å²) in [6.45, 7) is 3.83. The van der Waals surface area contributed by atoms with Gasteiger partial charge in [0.15, 0.2) is 0 Å². The molecule has 0 heterocycles. The lowest BCUT2D eigenvalue weighted by molar-refractivity contribution is -0.120. The third-order valence-electron chi connectivity index (χ3n) is 3.34. The van der Waals surface area contributed by atoms with E-state index in [0.717, 1.165) is 5.92 Å². The van der Waals surface area contributed by atoms with E-state index in [0.29, 0.717) is 25.7 Å². The van der Waals surface area contributed by atoms with Crippen LogP contribution in [0.5, 0.6) is 0 Å². The van der Waals surface area contributed by atoms with Gasteiger partial charge in [-0.15, -0.1) is 0 Å². The highest BCUT2D eigenvalue weighted by atomic mass is 16.5. The van der Waals surface area contributed by atoms with Crippen LogP contribution in [0.3, 0.4) is 0 Å². The van der Waals surface area contributed by atoms with Crippen LogP contribution in [-0.2, 0) is 9.53 Å². The van der Waals surface area contributed by atoms with Crippen molar-refractivity contribution < 1.29 is 9.53 Å². The van der Waals surface area contributed by atoms with Crippen LogP contribution in [0.1, 0.15) is 32.6 Å². The van der Waals surface area contributed by atoms with Crippen LogP contribution in [0, 0.1) is 5.92 Å². The summed E-state index contributed by atoms with van der Waals surface area (Å²) in [7, 11) is 1.63. The molecule has 1 saturated carbocycles. The van der Waals surface area contributed by atoms with Gasteiger partial charge in [0.2, 0.25) is 5.91 Å². The van der Waals surface area contributed by atoms with Crippen LogP contribution in [0.4, 0.5) is 0 Å². The molecular weight excluding hydrogens is 204 g/mol. The predicted molar refractivity (Wildman–Crippen MR) is 64.3 cm³/mol. The normalized spacial score (nSPS) is 24.6. The van der Waals surface area contributed by atoms with Crippen molar-refractivity contribution in [2.45, 2.75) is 38.6 Å². The number of methoxy groups -OCH3 is 1. The number of carbonyl (C=O) groups is 1. The summed E-state index contributed by atoms with van der Waals surface area (Å²) in [5.41, 5.74) is 0. The Balaban J connectivity index is 2.11. The topological polar surface area (TPSA) is 50.4 Å². The maximum absolute atomic E-state index is 11.4. The van der Waals surface area contributed by atoms with Crippen molar-refractivity contribution in [2.75, 3.05) is 26.8 Å². The van der Waals surface area contributed by atoms with Crippen LogP contribution in [-0.4, -0.2) is 38.8 Å². The van der Waals surface area contributed by atoms with E-state index in [-0.39, 0.29) is 5.91 Å². The number of amides is 1. The van der Waals surface area contributed by atoms with Crippen molar-refractivity contribution in [3.05, 3.63) is 0 Å². The summed E-state index contributed by atoms with van der Waals surface area (Å²) in [6.07, 6.45) is 5.02. The van der Waals surface area contributed by atoms with Crippen LogP contribution in [0.25, 0.3) is 0 Å². The predicted octanol–water partition coefficient (Wildman–Crippen LogP) is 0.917. The summed E-state index contributed by atoms with van der Waals surface area (Å²) in [6, 6.07) is 0.540. The fourth-order valence-electron chi connectivity index (χ4n) is 2.37. The first-order chi connectivity index (χ1) is 7.77. The van der Waals surface area contributed by atoms with Crippen molar-refractivity contribution in [3.8, 4) is 0 Å². The number of hydrogen-bond acceptors (Lipinski definition) is 3. The average Bonchev–Trinajstić information content (AvgIpc) is 2.74. The fourth-order valence-corrected chi connectivity index (χ4v) is 2.37. The Hall–Kier alpha value is -0.610. The number of carbonyl (C=O) groups excluding carboxylic acids is 1. The molecule has 1 aliphatic carbocycles. The second-order valence-electron chi connectivity index (χ2n) is 4.43. The van der Waals surface area contributed by atoms with Crippen LogP contribution in [0.2, 0.25) is 0 Å². The van der Waals surface area contributed by atoms with E-state index >= 15 is 0 Å². The Labute approximate surface area is 98.1 Å². The third-order valence-corrected chi connectivity index (χ3v) is 3.34. The van der Waals surface area contributed by atoms with Gasteiger partial charge in [-0.2, -0.15) is 0 Å². The van der Waals surface area contributed by atoms with Gasteiger partial charge in [-0.1, -0.05) is 19.8 Å². The summed E-state index contributed by atoms with van der Waals surface area (Å²) < 4.78 is 4.87. The molecule has 0 aromatic heterocycles. The molecule has 4 nitrogen and oxygen atoms in total. The molecule has 0 spiro atoms. The SMILES string of the molecule is CCC1CCCC1NCC(=O)NCCOC. The molecule has 0 aliphatic heterocycles. The molecular formula is C12H24N2O2. The summed E-state index contributed by atoms with van der Waals surface area (Å²) in [5, 5.41) is 6.17. The second kappa shape index (κ2) is 7.63. The van der Waals surface area contributed by atoms with Gasteiger partial charge in [0, 0.05) is 19.7 Å². The quantitative estimate of drug-likeness (QED) is 0.637. The smallest absolute Gasteiger partial charge is 0.234 e. The number of rotatable bonds is 7. The van der Waals surface area contributed by atoms with E-state index in [1.165, 1.54) is 25.7 Å². The molecule has 94 valence electrons. The van der Waals surface area contributed by atoms with E-state index in [1.807, 2.05) is 0 Å². The summed E-state index contributed by atoms with van der Waals surface area (Å²) >= 11 is 0. The third kappa shape index (κ3) is 4.49. The van der Waals surface area contributed by atoms with E-state index < -0.39 is 0 Å². The molecule has 16 heavy (non-hydrogen) atoms. The Bertz CT molecular complexity index is 209. The first-order valence-corrected chi connectivity index (χ1v) is 6.27. The lowest BCUT2D eigenvalue weighted by Crippen LogP contribution is -2.41. The van der Waals surface area contributed by atoms with Gasteiger partial charge in [-0.3, -0.25) is 4.79 Å². The Morgan fingerprint density at radius 3 is 2.94 bits per heavy atom. The highest BCUT2D eigenvalue weighted by Gasteiger charge is 2.25. The molecule has 1 aliphatic rings. The maximum atomic E-state index is 11.4. The van der Waals surface area contributed by atoms with E-state index in [4.69, 9.17) is 4.74 Å². The zero-order valence-electron chi connectivity index (χ0n) is 10.4. The zero-order valence-corrected chi connectivity index (χ0v) is 10.4. The minimum absolute atomic E-state index is 0.0683. The lowest BCUT2D eigenvalue weighted by Gasteiger charge is -2.19. The van der Waals surface area contributed by atoms with Crippen LogP contribution >= 0.6 is 0 Å². The number of nitrogens with one attached hydrogen (secondary N) is 2. The molecule has 1 rings (SSSR count). The largest absolute Gasteiger partial charge is 0.383 e. The number of hydrogen-bond donors (Lipinski definition) is 2. The van der Waals surface area contributed by atoms with Crippen molar-refractivity contribution in [1.29, 1.82) is 0 Å². The minimum Gasteiger partial charge on any atom is -0.383 e. The Morgan fingerprint density at radius 1 is 1.44 bits per heavy atom. The molecule has 1 amide bonds. The maximum Gasteiger partial charge on any atom is 0.234 e. The molecule has 0 aromatic rings. The average molecular weight is 228 g/mol. The minimum atomic E-state index is 0.0683. The zero-order chi connectivity index (χ0) is 11.8. The van der Waals surface area contributed by atoms with Crippen molar-refractivity contribution in [2.24, 2.45) is 5.92 Å². The van der Waals surface area contributed by atoms with Gasteiger partial charge in [-0.25, -0.2) is 0 Å². The molecule has 0 bridgehead atoms. The highest BCUT2D eigenvalue weighted by Crippen LogP contribution is 2.27. The second-order valence-corrected chi connectivity index (χ2v) is 4.43. The van der Waals surface area contributed by atoms with Crippen LogP contribution < -0.4 is 10.6 Å². The van der Waals surface area contributed by atoms with Crippen molar-refractivity contribution in [1.82, 2.24) is 10.6 Å². The molecule has 2 N–H and O–H groups in total. The number of ether oxygens (including phenoxy) is 1. The standard InChI is InChI=1S/C12H24N2O2/c1-3-10-5-4-6-11(10)14-9-12(15)13-7-8-16-2/h10-11,14H,3-9H2,1-2H3,(H,13,15). The van der Waals surface area contributed by atoms with Gasteiger partial charge < -0.3 is 15.4 Å². The Kier molecular flexibility index (Phi) is 6.42. The molecule has 4 heteroatoms. The summed E-state index contributed by atoms with van der Waals surface area (Å²) in [5.74, 6) is 0.825. The van der Waals surface area contributed by atoms with Gasteiger partial charge in [0.1, 0.15) is 0 Å². The Morgan fingerprint density at radius 2 is 2.25 bits per heavy atom. The van der Waals surface area contributed by atoms with E-state index in [9.17, 15) is 4.79 Å². The summed E-state index contributed by atoms with van der Waals surface area (Å²) in [4.78, 5) is 11.4. The van der Waals surface area contributed by atoms with Gasteiger partial charge >= 0.3 is 0 Å². The first kappa shape index (κ1) is 13.5. The van der Waals surface area contributed by atoms with Gasteiger partial charge in [0.05, 0.1) is 13.2 Å². The fraction of sp³-hybridized carbons (Fsp3) is 0.917. The monoisotopic (exact) mass is 228 g/mol. The molecule has 2 unspecified atom stereocenters.